The van der Waals surface area contributed by atoms with Gasteiger partial charge in [0.25, 0.3) is 0 Å². The number of hydrogen-bond acceptors (Lipinski definition) is 3. The highest BCUT2D eigenvalue weighted by atomic mass is 32.1. The minimum absolute atomic E-state index is 0.158. The molecule has 0 fully saturated rings. The van der Waals surface area contributed by atoms with E-state index in [9.17, 15) is 4.79 Å². The fraction of sp³-hybridized carbons (Fsp3) is 0.211. The van der Waals surface area contributed by atoms with Gasteiger partial charge in [0.1, 0.15) is 0 Å². The topological polar surface area (TPSA) is 76.9 Å². The van der Waals surface area contributed by atoms with Crippen LogP contribution in [0, 0.1) is 25.2 Å². The smallest absolute Gasteiger partial charge is 0.238 e. The Balaban J connectivity index is 1.76. The number of aryl methyl sites for hydroxylation is 2. The molecule has 0 radical (unpaired) electrons. The molecule has 0 aliphatic carbocycles. The van der Waals surface area contributed by atoms with Gasteiger partial charge >= 0.3 is 0 Å². The highest BCUT2D eigenvalue weighted by Gasteiger charge is 2.05. The van der Waals surface area contributed by atoms with Crippen LogP contribution in [-0.4, -0.2) is 11.0 Å². The Kier molecular flexibility index (Phi) is 6.49. The number of anilines is 1. The van der Waals surface area contributed by atoms with Crippen LogP contribution in [0.3, 0.4) is 0 Å². The van der Waals surface area contributed by atoms with Gasteiger partial charge < -0.3 is 5.32 Å². The number of carbonyl (C=O) groups excluding carboxylic acids is 1. The minimum Gasteiger partial charge on any atom is -0.331 e. The number of hydrogen-bond donors (Lipinski definition) is 3. The van der Waals surface area contributed by atoms with Crippen LogP contribution in [0.1, 0.15) is 28.7 Å². The number of carbonyl (C=O) groups is 1. The Morgan fingerprint density at radius 1 is 1.12 bits per heavy atom. The van der Waals surface area contributed by atoms with Gasteiger partial charge in [-0.1, -0.05) is 24.3 Å². The standard InChI is InChI=1S/C19H20N4OS/c1-13-4-3-5-17(14(13)2)21-19(25)23-22-18(24)11-10-15-6-8-16(12-20)9-7-15/h3-9H,10-11H2,1-2H3,(H,22,24)(H2,21,23,25). The van der Waals surface area contributed by atoms with E-state index in [0.717, 1.165) is 16.8 Å². The van der Waals surface area contributed by atoms with Crippen LogP contribution in [-0.2, 0) is 11.2 Å². The van der Waals surface area contributed by atoms with Gasteiger partial charge in [0.05, 0.1) is 11.6 Å². The van der Waals surface area contributed by atoms with Crippen molar-refractivity contribution in [1.29, 1.82) is 5.26 Å². The van der Waals surface area contributed by atoms with Crippen molar-refractivity contribution >= 4 is 28.9 Å². The third-order valence-corrected chi connectivity index (χ3v) is 4.10. The first-order valence-electron chi connectivity index (χ1n) is 7.90. The zero-order chi connectivity index (χ0) is 18.2. The van der Waals surface area contributed by atoms with Crippen LogP contribution < -0.4 is 16.2 Å². The number of rotatable bonds is 4. The summed E-state index contributed by atoms with van der Waals surface area (Å²) in [5, 5.41) is 12.2. The predicted octanol–water partition coefficient (Wildman–Crippen LogP) is 3.13. The summed E-state index contributed by atoms with van der Waals surface area (Å²) >= 11 is 5.20. The van der Waals surface area contributed by atoms with Gasteiger partial charge in [0, 0.05) is 12.1 Å². The fourth-order valence-electron chi connectivity index (χ4n) is 2.23. The first-order valence-corrected chi connectivity index (χ1v) is 8.31. The molecule has 0 saturated heterocycles. The maximum absolute atomic E-state index is 11.9. The van der Waals surface area contributed by atoms with Crippen LogP contribution >= 0.6 is 12.2 Å². The first-order chi connectivity index (χ1) is 12.0. The third-order valence-electron chi connectivity index (χ3n) is 3.89. The molecule has 0 unspecified atom stereocenters. The molecule has 0 atom stereocenters. The van der Waals surface area contributed by atoms with E-state index < -0.39 is 0 Å². The van der Waals surface area contributed by atoms with Gasteiger partial charge in [-0.15, -0.1) is 0 Å². The van der Waals surface area contributed by atoms with E-state index in [2.05, 4.69) is 22.2 Å². The monoisotopic (exact) mass is 352 g/mol. The number of nitriles is 1. The zero-order valence-electron chi connectivity index (χ0n) is 14.2. The Hall–Kier alpha value is -2.91. The van der Waals surface area contributed by atoms with E-state index in [1.807, 2.05) is 44.2 Å². The van der Waals surface area contributed by atoms with Crippen molar-refractivity contribution < 1.29 is 4.79 Å². The van der Waals surface area contributed by atoms with Crippen LogP contribution in [0.15, 0.2) is 42.5 Å². The highest BCUT2D eigenvalue weighted by Crippen LogP contribution is 2.17. The van der Waals surface area contributed by atoms with Gasteiger partial charge in [-0.3, -0.25) is 15.6 Å². The molecule has 0 saturated carbocycles. The maximum Gasteiger partial charge on any atom is 0.238 e. The number of thiocarbonyl (C=S) groups is 1. The number of nitrogens with one attached hydrogen (secondary N) is 3. The lowest BCUT2D eigenvalue weighted by Gasteiger charge is -2.14. The minimum atomic E-state index is -0.158. The summed E-state index contributed by atoms with van der Waals surface area (Å²) in [6, 6.07) is 15.2. The van der Waals surface area contributed by atoms with Gasteiger partial charge in [0.2, 0.25) is 5.91 Å². The van der Waals surface area contributed by atoms with E-state index >= 15 is 0 Å². The van der Waals surface area contributed by atoms with Gasteiger partial charge in [-0.05, 0) is 67.4 Å². The molecule has 6 heteroatoms. The van der Waals surface area contributed by atoms with Crippen molar-refractivity contribution in [2.24, 2.45) is 0 Å². The lowest BCUT2D eigenvalue weighted by molar-refractivity contribution is -0.121. The summed E-state index contributed by atoms with van der Waals surface area (Å²) in [5.41, 5.74) is 10.1. The molecule has 0 aliphatic rings. The average molecular weight is 352 g/mol. The molecule has 0 bridgehead atoms. The summed E-state index contributed by atoms with van der Waals surface area (Å²) in [6.07, 6.45) is 0.918. The molecule has 25 heavy (non-hydrogen) atoms. The van der Waals surface area contributed by atoms with Crippen molar-refractivity contribution in [1.82, 2.24) is 10.9 Å². The van der Waals surface area contributed by atoms with Gasteiger partial charge in [0.15, 0.2) is 5.11 Å². The molecule has 128 valence electrons. The van der Waals surface area contributed by atoms with Crippen molar-refractivity contribution in [3.05, 3.63) is 64.7 Å². The second-order valence-electron chi connectivity index (χ2n) is 5.68. The molecule has 0 aromatic heterocycles. The van der Waals surface area contributed by atoms with Crippen molar-refractivity contribution in [3.8, 4) is 6.07 Å². The van der Waals surface area contributed by atoms with Crippen molar-refractivity contribution in [2.45, 2.75) is 26.7 Å². The van der Waals surface area contributed by atoms with E-state index in [1.54, 1.807) is 12.1 Å². The molecular formula is C19H20N4OS. The third kappa shape index (κ3) is 5.59. The number of amides is 1. The van der Waals surface area contributed by atoms with E-state index in [1.165, 1.54) is 5.56 Å². The molecule has 2 rings (SSSR count). The van der Waals surface area contributed by atoms with Crippen LogP contribution in [0.2, 0.25) is 0 Å². The Morgan fingerprint density at radius 3 is 2.52 bits per heavy atom. The van der Waals surface area contributed by atoms with Crippen LogP contribution in [0.5, 0.6) is 0 Å². The summed E-state index contributed by atoms with van der Waals surface area (Å²) in [7, 11) is 0. The zero-order valence-corrected chi connectivity index (χ0v) is 15.0. The molecule has 3 N–H and O–H groups in total. The second kappa shape index (κ2) is 8.81. The summed E-state index contributed by atoms with van der Waals surface area (Å²) in [6.45, 7) is 4.04. The van der Waals surface area contributed by atoms with Crippen LogP contribution in [0.25, 0.3) is 0 Å². The number of hydrazine groups is 1. The molecule has 1 amide bonds. The lowest BCUT2D eigenvalue weighted by Crippen LogP contribution is -2.43. The van der Waals surface area contributed by atoms with Gasteiger partial charge in [-0.25, -0.2) is 0 Å². The molecule has 0 aliphatic heterocycles. The average Bonchev–Trinajstić information content (AvgIpc) is 2.62. The summed E-state index contributed by atoms with van der Waals surface area (Å²) in [4.78, 5) is 11.9. The van der Waals surface area contributed by atoms with E-state index in [-0.39, 0.29) is 5.91 Å². The van der Waals surface area contributed by atoms with Crippen LogP contribution in [0.4, 0.5) is 5.69 Å². The fourth-order valence-corrected chi connectivity index (χ4v) is 2.39. The largest absolute Gasteiger partial charge is 0.331 e. The van der Waals surface area contributed by atoms with E-state index in [4.69, 9.17) is 17.5 Å². The summed E-state index contributed by atoms with van der Waals surface area (Å²) in [5.74, 6) is -0.158. The SMILES string of the molecule is Cc1cccc(NC(=S)NNC(=O)CCc2ccc(C#N)cc2)c1C. The molecule has 0 heterocycles. The first kappa shape index (κ1) is 18.4. The van der Waals surface area contributed by atoms with Crippen molar-refractivity contribution in [3.63, 3.8) is 0 Å². The molecular weight excluding hydrogens is 332 g/mol. The Morgan fingerprint density at radius 2 is 1.84 bits per heavy atom. The molecule has 5 nitrogen and oxygen atoms in total. The quantitative estimate of drug-likeness (QED) is 0.582. The normalized spacial score (nSPS) is 9.80. The molecule has 0 spiro atoms. The molecule has 2 aromatic carbocycles. The second-order valence-corrected chi connectivity index (χ2v) is 6.09. The number of nitrogens with zero attached hydrogens (tertiary/aromatic N) is 1. The van der Waals surface area contributed by atoms with Gasteiger partial charge in [-0.2, -0.15) is 5.26 Å². The highest BCUT2D eigenvalue weighted by molar-refractivity contribution is 7.80. The predicted molar refractivity (Wildman–Crippen MR) is 103 cm³/mol. The van der Waals surface area contributed by atoms with E-state index in [0.29, 0.717) is 23.5 Å². The molecule has 2 aromatic rings. The Labute approximate surface area is 153 Å². The summed E-state index contributed by atoms with van der Waals surface area (Å²) < 4.78 is 0. The Bertz CT molecular complexity index is 809. The van der Waals surface area contributed by atoms with Crippen molar-refractivity contribution in [2.75, 3.05) is 5.32 Å². The number of benzene rings is 2. The maximum atomic E-state index is 11.9. The lowest BCUT2D eigenvalue weighted by atomic mass is 10.1.